The molecule has 0 aliphatic heterocycles. The maximum Gasteiger partial charge on any atom is 0.123 e. The fourth-order valence-electron chi connectivity index (χ4n) is 2.28. The Kier molecular flexibility index (Phi) is 3.91. The van der Waals surface area contributed by atoms with E-state index in [1.54, 1.807) is 0 Å². The van der Waals surface area contributed by atoms with Crippen LogP contribution >= 0.6 is 0 Å². The van der Waals surface area contributed by atoms with Gasteiger partial charge in [0.25, 0.3) is 0 Å². The van der Waals surface area contributed by atoms with Crippen molar-refractivity contribution in [3.05, 3.63) is 35.6 Å². The lowest BCUT2D eigenvalue weighted by Crippen LogP contribution is -2.39. The van der Waals surface area contributed by atoms with Crippen LogP contribution in [0.2, 0.25) is 0 Å². The highest BCUT2D eigenvalue weighted by molar-refractivity contribution is 5.15. The molecule has 0 aromatic heterocycles. The fourth-order valence-corrected chi connectivity index (χ4v) is 2.28. The zero-order valence-corrected chi connectivity index (χ0v) is 9.45. The number of benzene rings is 1. The van der Waals surface area contributed by atoms with E-state index in [1.165, 1.54) is 25.0 Å². The Morgan fingerprint density at radius 3 is 2.69 bits per heavy atom. The van der Waals surface area contributed by atoms with Gasteiger partial charge in [-0.1, -0.05) is 18.6 Å². The molecule has 88 valence electrons. The summed E-state index contributed by atoms with van der Waals surface area (Å²) in [5.74, 6) is -0.177. The van der Waals surface area contributed by atoms with Gasteiger partial charge in [0.1, 0.15) is 5.82 Å². The third kappa shape index (κ3) is 3.29. The molecule has 1 aromatic carbocycles. The van der Waals surface area contributed by atoms with Gasteiger partial charge in [0.05, 0.1) is 0 Å². The van der Waals surface area contributed by atoms with E-state index in [0.29, 0.717) is 12.1 Å². The zero-order chi connectivity index (χ0) is 11.4. The van der Waals surface area contributed by atoms with Gasteiger partial charge in [-0.25, -0.2) is 4.39 Å². The van der Waals surface area contributed by atoms with E-state index in [-0.39, 0.29) is 5.82 Å². The van der Waals surface area contributed by atoms with Crippen molar-refractivity contribution in [3.63, 3.8) is 0 Å². The molecule has 1 fully saturated rings. The molecular weight excluding hydrogens is 203 g/mol. The highest BCUT2D eigenvalue weighted by atomic mass is 19.1. The lowest BCUT2D eigenvalue weighted by atomic mass is 9.91. The highest BCUT2D eigenvalue weighted by Crippen LogP contribution is 2.17. The molecule has 3 N–H and O–H groups in total. The van der Waals surface area contributed by atoms with Crippen LogP contribution in [-0.4, -0.2) is 12.1 Å². The van der Waals surface area contributed by atoms with E-state index < -0.39 is 0 Å². The topological polar surface area (TPSA) is 38.0 Å². The molecule has 1 aliphatic rings. The molecule has 1 aromatic rings. The fraction of sp³-hybridized carbons (Fsp3) is 0.538. The van der Waals surface area contributed by atoms with Crippen molar-refractivity contribution in [2.75, 3.05) is 0 Å². The van der Waals surface area contributed by atoms with E-state index in [0.717, 1.165) is 24.9 Å². The van der Waals surface area contributed by atoms with Crippen LogP contribution < -0.4 is 11.1 Å². The lowest BCUT2D eigenvalue weighted by Gasteiger charge is -2.27. The summed E-state index contributed by atoms with van der Waals surface area (Å²) in [6.45, 7) is 0.803. The Morgan fingerprint density at radius 1 is 1.25 bits per heavy atom. The molecular formula is C13H19FN2. The second-order valence-corrected chi connectivity index (χ2v) is 4.63. The van der Waals surface area contributed by atoms with Gasteiger partial charge in [0.2, 0.25) is 0 Å². The molecule has 1 saturated carbocycles. The number of hydrogen-bond donors (Lipinski definition) is 2. The van der Waals surface area contributed by atoms with E-state index in [2.05, 4.69) is 5.32 Å². The van der Waals surface area contributed by atoms with Gasteiger partial charge in [-0.3, -0.25) is 0 Å². The summed E-state index contributed by atoms with van der Waals surface area (Å²) in [5.41, 5.74) is 7.05. The van der Waals surface area contributed by atoms with E-state index >= 15 is 0 Å². The number of rotatable bonds is 3. The summed E-state index contributed by atoms with van der Waals surface area (Å²) in [5, 5.41) is 3.49. The number of halogens is 1. The number of hydrogen-bond acceptors (Lipinski definition) is 2. The maximum absolute atomic E-state index is 12.7. The van der Waals surface area contributed by atoms with Gasteiger partial charge in [0.15, 0.2) is 0 Å². The Labute approximate surface area is 96.0 Å². The first kappa shape index (κ1) is 11.6. The average Bonchev–Trinajstić information content (AvgIpc) is 2.28. The summed E-state index contributed by atoms with van der Waals surface area (Å²) < 4.78 is 12.7. The lowest BCUT2D eigenvalue weighted by molar-refractivity contribution is 0.338. The number of nitrogens with one attached hydrogen (secondary N) is 1. The largest absolute Gasteiger partial charge is 0.328 e. The Hall–Kier alpha value is -0.930. The minimum atomic E-state index is -0.177. The molecule has 0 saturated heterocycles. The monoisotopic (exact) mass is 222 g/mol. The van der Waals surface area contributed by atoms with Crippen molar-refractivity contribution in [1.82, 2.24) is 5.32 Å². The van der Waals surface area contributed by atoms with Gasteiger partial charge in [-0.2, -0.15) is 0 Å². The van der Waals surface area contributed by atoms with Gasteiger partial charge in [0, 0.05) is 18.6 Å². The van der Waals surface area contributed by atoms with Crippen LogP contribution in [0.25, 0.3) is 0 Å². The molecule has 0 bridgehead atoms. The standard InChI is InChI=1S/C13H19FN2/c14-11-6-4-10(5-7-11)9-16-13-3-1-2-12(15)8-13/h4-7,12-13,16H,1-3,8-9,15H2. The quantitative estimate of drug-likeness (QED) is 0.822. The maximum atomic E-state index is 12.7. The SMILES string of the molecule is NC1CCCC(NCc2ccc(F)cc2)C1. The molecule has 0 heterocycles. The van der Waals surface area contributed by atoms with Crippen LogP contribution in [0.5, 0.6) is 0 Å². The average molecular weight is 222 g/mol. The summed E-state index contributed by atoms with van der Waals surface area (Å²) in [6, 6.07) is 7.52. The first-order chi connectivity index (χ1) is 7.74. The second kappa shape index (κ2) is 5.41. The van der Waals surface area contributed by atoms with E-state index in [9.17, 15) is 4.39 Å². The van der Waals surface area contributed by atoms with Crippen molar-refractivity contribution < 1.29 is 4.39 Å². The highest BCUT2D eigenvalue weighted by Gasteiger charge is 2.18. The summed E-state index contributed by atoms with van der Waals surface area (Å²) >= 11 is 0. The molecule has 2 nitrogen and oxygen atoms in total. The summed E-state index contributed by atoms with van der Waals surface area (Å²) in [4.78, 5) is 0. The van der Waals surface area contributed by atoms with Gasteiger partial charge in [-0.15, -0.1) is 0 Å². The first-order valence-corrected chi connectivity index (χ1v) is 5.97. The van der Waals surface area contributed by atoms with Gasteiger partial charge < -0.3 is 11.1 Å². The van der Waals surface area contributed by atoms with Crippen molar-refractivity contribution in [2.24, 2.45) is 5.73 Å². The van der Waals surface area contributed by atoms with Crippen LogP contribution in [0, 0.1) is 5.82 Å². The Bertz CT molecular complexity index is 323. The van der Waals surface area contributed by atoms with E-state index in [1.807, 2.05) is 12.1 Å². The van der Waals surface area contributed by atoms with Crippen LogP contribution in [-0.2, 0) is 6.54 Å². The van der Waals surface area contributed by atoms with Crippen LogP contribution in [0.1, 0.15) is 31.2 Å². The predicted octanol–water partition coefficient (Wildman–Crippen LogP) is 2.19. The molecule has 3 heteroatoms. The molecule has 0 spiro atoms. The van der Waals surface area contributed by atoms with Crippen molar-refractivity contribution in [2.45, 2.75) is 44.3 Å². The van der Waals surface area contributed by atoms with Crippen molar-refractivity contribution in [1.29, 1.82) is 0 Å². The Morgan fingerprint density at radius 2 is 2.00 bits per heavy atom. The normalized spacial score (nSPS) is 25.6. The molecule has 2 unspecified atom stereocenters. The molecule has 2 rings (SSSR count). The van der Waals surface area contributed by atoms with Crippen LogP contribution in [0.3, 0.4) is 0 Å². The minimum Gasteiger partial charge on any atom is -0.328 e. The molecule has 2 atom stereocenters. The summed E-state index contributed by atoms with van der Waals surface area (Å²) in [6.07, 6.45) is 4.62. The third-order valence-corrected chi connectivity index (χ3v) is 3.22. The number of nitrogens with two attached hydrogens (primary N) is 1. The van der Waals surface area contributed by atoms with Gasteiger partial charge >= 0.3 is 0 Å². The molecule has 0 amide bonds. The van der Waals surface area contributed by atoms with Crippen molar-refractivity contribution >= 4 is 0 Å². The Balaban J connectivity index is 1.80. The smallest absolute Gasteiger partial charge is 0.123 e. The third-order valence-electron chi connectivity index (χ3n) is 3.22. The van der Waals surface area contributed by atoms with Crippen molar-refractivity contribution in [3.8, 4) is 0 Å². The van der Waals surface area contributed by atoms with E-state index in [4.69, 9.17) is 5.73 Å². The van der Waals surface area contributed by atoms with Gasteiger partial charge in [-0.05, 0) is 37.0 Å². The first-order valence-electron chi connectivity index (χ1n) is 5.97. The van der Waals surface area contributed by atoms with Crippen LogP contribution in [0.4, 0.5) is 4.39 Å². The molecule has 16 heavy (non-hydrogen) atoms. The van der Waals surface area contributed by atoms with Crippen LogP contribution in [0.15, 0.2) is 24.3 Å². The second-order valence-electron chi connectivity index (χ2n) is 4.63. The minimum absolute atomic E-state index is 0.177. The predicted molar refractivity (Wildman–Crippen MR) is 63.5 cm³/mol. The zero-order valence-electron chi connectivity index (χ0n) is 9.45. The molecule has 1 aliphatic carbocycles. The summed E-state index contributed by atoms with van der Waals surface area (Å²) in [7, 11) is 0. The molecule has 0 radical (unpaired) electrons.